The molecule has 8 nitrogen and oxygen atoms in total. The lowest BCUT2D eigenvalue weighted by molar-refractivity contribution is -0.111. The van der Waals surface area contributed by atoms with E-state index in [-0.39, 0.29) is 18.0 Å². The number of aromatic nitrogens is 1. The zero-order valence-corrected chi connectivity index (χ0v) is 23.2. The Hall–Kier alpha value is -4.17. The molecule has 0 aliphatic carbocycles. The quantitative estimate of drug-likeness (QED) is 0.385. The van der Waals surface area contributed by atoms with Crippen LogP contribution in [-0.4, -0.2) is 54.9 Å². The van der Waals surface area contributed by atoms with Crippen molar-refractivity contribution in [2.75, 3.05) is 43.4 Å². The van der Waals surface area contributed by atoms with Gasteiger partial charge in [0.15, 0.2) is 0 Å². The number of aromatic amines is 1. The highest BCUT2D eigenvalue weighted by Gasteiger charge is 2.21. The number of benzene rings is 2. The summed E-state index contributed by atoms with van der Waals surface area (Å²) in [5.41, 5.74) is 6.22. The maximum Gasteiger partial charge on any atom is 0.253 e. The molecular weight excluding hydrogens is 490 g/mol. The van der Waals surface area contributed by atoms with Crippen molar-refractivity contribution in [1.82, 2.24) is 15.2 Å². The normalized spacial score (nSPS) is 13.7. The van der Waals surface area contributed by atoms with Gasteiger partial charge in [-0.05, 0) is 68.3 Å². The van der Waals surface area contributed by atoms with E-state index in [1.807, 2.05) is 51.1 Å². The van der Waals surface area contributed by atoms with Gasteiger partial charge >= 0.3 is 0 Å². The van der Waals surface area contributed by atoms with Gasteiger partial charge in [0.1, 0.15) is 0 Å². The number of hydrogen-bond acceptors (Lipinski definition) is 5. The van der Waals surface area contributed by atoms with Crippen LogP contribution in [0.3, 0.4) is 0 Å². The molecule has 1 fully saturated rings. The number of piperazine rings is 1. The number of nitrogens with one attached hydrogen (secondary N) is 3. The van der Waals surface area contributed by atoms with Crippen LogP contribution < -0.4 is 21.1 Å². The molecule has 39 heavy (non-hydrogen) atoms. The summed E-state index contributed by atoms with van der Waals surface area (Å²) in [6.45, 7) is 13.3. The highest BCUT2D eigenvalue weighted by atomic mass is 16.2. The van der Waals surface area contributed by atoms with Gasteiger partial charge in [-0.15, -0.1) is 0 Å². The lowest BCUT2D eigenvalue weighted by atomic mass is 9.95. The van der Waals surface area contributed by atoms with E-state index in [2.05, 4.69) is 51.2 Å². The fourth-order valence-corrected chi connectivity index (χ4v) is 5.01. The minimum atomic E-state index is -0.409. The number of H-pyrrole nitrogens is 1. The first-order valence-electron chi connectivity index (χ1n) is 13.3. The van der Waals surface area contributed by atoms with Crippen molar-refractivity contribution in [1.29, 1.82) is 0 Å². The second kappa shape index (κ2) is 12.1. The fraction of sp³-hybridized carbons (Fsp3) is 0.323. The van der Waals surface area contributed by atoms with Crippen LogP contribution in [-0.2, 0) is 17.8 Å². The SMILES string of the molecule is C=CC(=O)Nc1c(-c2ccc(N3CCN(C)CC3)cc2)ccc(C)c1C(=O)NCc1c(CC)cc(C)[nH]c1=O. The Morgan fingerprint density at radius 1 is 1.05 bits per heavy atom. The number of amides is 2. The van der Waals surface area contributed by atoms with E-state index < -0.39 is 5.91 Å². The van der Waals surface area contributed by atoms with Gasteiger partial charge in [0.2, 0.25) is 5.91 Å². The summed E-state index contributed by atoms with van der Waals surface area (Å²) >= 11 is 0. The third kappa shape index (κ3) is 6.29. The molecule has 4 rings (SSSR count). The average Bonchev–Trinajstić information content (AvgIpc) is 2.92. The lowest BCUT2D eigenvalue weighted by Crippen LogP contribution is -2.44. The van der Waals surface area contributed by atoms with Crippen molar-refractivity contribution < 1.29 is 9.59 Å². The molecule has 1 saturated heterocycles. The van der Waals surface area contributed by atoms with Crippen LogP contribution in [0.1, 0.15) is 39.7 Å². The van der Waals surface area contributed by atoms with Crippen LogP contribution >= 0.6 is 0 Å². The summed E-state index contributed by atoms with van der Waals surface area (Å²) in [4.78, 5) is 46.1. The van der Waals surface area contributed by atoms with E-state index in [1.165, 1.54) is 6.08 Å². The van der Waals surface area contributed by atoms with Gasteiger partial charge in [-0.25, -0.2) is 0 Å². The molecule has 2 aromatic carbocycles. The first-order valence-corrected chi connectivity index (χ1v) is 13.3. The summed E-state index contributed by atoms with van der Waals surface area (Å²) < 4.78 is 0. The Morgan fingerprint density at radius 3 is 2.38 bits per heavy atom. The second-order valence-corrected chi connectivity index (χ2v) is 10.0. The minimum Gasteiger partial charge on any atom is -0.369 e. The molecule has 1 aliphatic rings. The summed E-state index contributed by atoms with van der Waals surface area (Å²) in [5.74, 6) is -0.780. The van der Waals surface area contributed by atoms with Crippen LogP contribution in [0.15, 0.2) is 59.9 Å². The third-order valence-corrected chi connectivity index (χ3v) is 7.29. The van der Waals surface area contributed by atoms with Crippen LogP contribution in [0.4, 0.5) is 11.4 Å². The third-order valence-electron chi connectivity index (χ3n) is 7.29. The smallest absolute Gasteiger partial charge is 0.253 e. The molecule has 8 heteroatoms. The Morgan fingerprint density at radius 2 is 1.74 bits per heavy atom. The Labute approximate surface area is 229 Å². The van der Waals surface area contributed by atoms with Crippen molar-refractivity contribution >= 4 is 23.2 Å². The number of nitrogens with zero attached hydrogens (tertiary/aromatic N) is 2. The largest absolute Gasteiger partial charge is 0.369 e. The van der Waals surface area contributed by atoms with Gasteiger partial charge in [0, 0.05) is 55.2 Å². The Bertz CT molecular complexity index is 1430. The molecule has 3 N–H and O–H groups in total. The summed E-state index contributed by atoms with van der Waals surface area (Å²) in [5, 5.41) is 5.78. The van der Waals surface area contributed by atoms with E-state index in [0.29, 0.717) is 28.8 Å². The van der Waals surface area contributed by atoms with Gasteiger partial charge in [-0.2, -0.15) is 0 Å². The number of pyridine rings is 1. The van der Waals surface area contributed by atoms with E-state index >= 15 is 0 Å². The topological polar surface area (TPSA) is 97.5 Å². The predicted octanol–water partition coefficient (Wildman–Crippen LogP) is 4.03. The van der Waals surface area contributed by atoms with Crippen LogP contribution in [0.2, 0.25) is 0 Å². The first-order chi connectivity index (χ1) is 18.7. The minimum absolute atomic E-state index is 0.0792. The average molecular weight is 528 g/mol. The number of carbonyl (C=O) groups excluding carboxylic acids is 2. The Kier molecular flexibility index (Phi) is 8.66. The van der Waals surface area contributed by atoms with Gasteiger partial charge in [-0.1, -0.05) is 37.8 Å². The molecule has 0 radical (unpaired) electrons. The molecule has 0 spiro atoms. The molecule has 1 aromatic heterocycles. The van der Waals surface area contributed by atoms with Crippen molar-refractivity contribution in [3.8, 4) is 11.1 Å². The summed E-state index contributed by atoms with van der Waals surface area (Å²) in [7, 11) is 2.13. The Balaban J connectivity index is 1.67. The van der Waals surface area contributed by atoms with Crippen molar-refractivity contribution in [3.63, 3.8) is 0 Å². The molecular formula is C31H37N5O3. The highest BCUT2D eigenvalue weighted by Crippen LogP contribution is 2.34. The van der Waals surface area contributed by atoms with Gasteiger partial charge in [0.25, 0.3) is 11.5 Å². The van der Waals surface area contributed by atoms with E-state index in [4.69, 9.17) is 0 Å². The predicted molar refractivity (Wildman–Crippen MR) is 157 cm³/mol. The molecule has 204 valence electrons. The number of likely N-dealkylation sites (N-methyl/N-ethyl adjacent to an activating group) is 1. The summed E-state index contributed by atoms with van der Waals surface area (Å²) in [6, 6.07) is 13.9. The molecule has 2 amide bonds. The van der Waals surface area contributed by atoms with E-state index in [0.717, 1.165) is 54.3 Å². The molecule has 1 aliphatic heterocycles. The number of rotatable bonds is 8. The van der Waals surface area contributed by atoms with Gasteiger partial charge in [0.05, 0.1) is 11.3 Å². The van der Waals surface area contributed by atoms with Crippen LogP contribution in [0.5, 0.6) is 0 Å². The zero-order chi connectivity index (χ0) is 28.1. The summed E-state index contributed by atoms with van der Waals surface area (Å²) in [6.07, 6.45) is 1.86. The highest BCUT2D eigenvalue weighted by molar-refractivity contribution is 6.10. The van der Waals surface area contributed by atoms with Crippen molar-refractivity contribution in [3.05, 3.63) is 93.4 Å². The number of anilines is 2. The molecule has 3 aromatic rings. The monoisotopic (exact) mass is 527 g/mol. The van der Waals surface area contributed by atoms with E-state index in [9.17, 15) is 14.4 Å². The molecule has 2 heterocycles. The van der Waals surface area contributed by atoms with Crippen LogP contribution in [0, 0.1) is 13.8 Å². The van der Waals surface area contributed by atoms with Crippen LogP contribution in [0.25, 0.3) is 11.1 Å². The maximum atomic E-state index is 13.6. The molecule has 0 atom stereocenters. The van der Waals surface area contributed by atoms with Gasteiger partial charge < -0.3 is 25.4 Å². The first kappa shape index (κ1) is 27.9. The van der Waals surface area contributed by atoms with Crippen molar-refractivity contribution in [2.45, 2.75) is 33.7 Å². The number of hydrogen-bond donors (Lipinski definition) is 3. The standard InChI is InChI=1S/C31H37N5O3/c1-6-22-18-21(4)33-30(38)26(22)19-32-31(39)28-20(3)8-13-25(29(28)34-27(37)7-2)23-9-11-24(12-10-23)36-16-14-35(5)15-17-36/h7-13,18H,2,6,14-17,19H2,1,3-5H3,(H,32,39)(H,33,38)(H,34,37). The van der Waals surface area contributed by atoms with E-state index in [1.54, 1.807) is 0 Å². The maximum absolute atomic E-state index is 13.6. The molecule has 0 saturated carbocycles. The fourth-order valence-electron chi connectivity index (χ4n) is 5.01. The second-order valence-electron chi connectivity index (χ2n) is 10.0. The number of carbonyl (C=O) groups is 2. The zero-order valence-electron chi connectivity index (χ0n) is 23.2. The molecule has 0 bridgehead atoms. The lowest BCUT2D eigenvalue weighted by Gasteiger charge is -2.34. The number of aryl methyl sites for hydroxylation is 3. The van der Waals surface area contributed by atoms with Gasteiger partial charge in [-0.3, -0.25) is 14.4 Å². The van der Waals surface area contributed by atoms with Crippen molar-refractivity contribution in [2.24, 2.45) is 0 Å². The molecule has 0 unspecified atom stereocenters.